The van der Waals surface area contributed by atoms with Crippen molar-refractivity contribution in [1.82, 2.24) is 5.32 Å². The SMILES string of the molecule is CNCC(c1ccc(Br)o1)C(F)(F)F. The summed E-state index contributed by atoms with van der Waals surface area (Å²) < 4.78 is 42.6. The van der Waals surface area contributed by atoms with Crippen LogP contribution in [-0.2, 0) is 0 Å². The van der Waals surface area contributed by atoms with Gasteiger partial charge in [0.25, 0.3) is 0 Å². The Kier molecular flexibility index (Phi) is 3.60. The van der Waals surface area contributed by atoms with Gasteiger partial charge in [-0.15, -0.1) is 0 Å². The molecule has 0 aliphatic carbocycles. The largest absolute Gasteiger partial charge is 0.454 e. The Labute approximate surface area is 87.6 Å². The van der Waals surface area contributed by atoms with Crippen LogP contribution < -0.4 is 5.32 Å². The van der Waals surface area contributed by atoms with E-state index in [-0.39, 0.29) is 12.3 Å². The molecule has 2 nitrogen and oxygen atoms in total. The van der Waals surface area contributed by atoms with Crippen LogP contribution in [0.25, 0.3) is 0 Å². The summed E-state index contributed by atoms with van der Waals surface area (Å²) >= 11 is 2.96. The Morgan fingerprint density at radius 1 is 1.50 bits per heavy atom. The minimum absolute atomic E-state index is 0.0845. The van der Waals surface area contributed by atoms with E-state index in [1.54, 1.807) is 0 Å². The summed E-state index contributed by atoms with van der Waals surface area (Å²) in [6.07, 6.45) is -4.29. The molecule has 1 heterocycles. The highest BCUT2D eigenvalue weighted by molar-refractivity contribution is 9.10. The molecule has 0 aliphatic rings. The molecule has 1 aromatic rings. The second kappa shape index (κ2) is 4.35. The van der Waals surface area contributed by atoms with Gasteiger partial charge in [0, 0.05) is 6.54 Å². The maximum absolute atomic E-state index is 12.5. The Morgan fingerprint density at radius 3 is 2.50 bits per heavy atom. The second-order valence-electron chi connectivity index (χ2n) is 2.79. The number of nitrogens with one attached hydrogen (secondary N) is 1. The van der Waals surface area contributed by atoms with Gasteiger partial charge in [-0.1, -0.05) is 0 Å². The lowest BCUT2D eigenvalue weighted by molar-refractivity contribution is -0.152. The van der Waals surface area contributed by atoms with Crippen LogP contribution in [0.1, 0.15) is 11.7 Å². The summed E-state index contributed by atoms with van der Waals surface area (Å²) in [6.45, 7) is -0.191. The second-order valence-corrected chi connectivity index (χ2v) is 3.58. The molecule has 1 N–H and O–H groups in total. The molecule has 0 amide bonds. The summed E-state index contributed by atoms with van der Waals surface area (Å²) in [5.41, 5.74) is 0. The van der Waals surface area contributed by atoms with E-state index in [0.717, 1.165) is 0 Å². The van der Waals surface area contributed by atoms with Crippen LogP contribution in [0.4, 0.5) is 13.2 Å². The zero-order chi connectivity index (χ0) is 10.8. The number of rotatable bonds is 3. The van der Waals surface area contributed by atoms with Crippen molar-refractivity contribution in [3.8, 4) is 0 Å². The van der Waals surface area contributed by atoms with E-state index in [1.165, 1.54) is 19.2 Å². The third kappa shape index (κ3) is 2.75. The lowest BCUT2D eigenvalue weighted by atomic mass is 10.1. The predicted molar refractivity (Wildman–Crippen MR) is 49.1 cm³/mol. The van der Waals surface area contributed by atoms with Crippen LogP contribution in [0.5, 0.6) is 0 Å². The van der Waals surface area contributed by atoms with Crippen molar-refractivity contribution >= 4 is 15.9 Å². The maximum Gasteiger partial charge on any atom is 0.399 e. The highest BCUT2D eigenvalue weighted by Crippen LogP contribution is 2.35. The summed E-state index contributed by atoms with van der Waals surface area (Å²) in [7, 11) is 1.47. The fraction of sp³-hybridized carbons (Fsp3) is 0.500. The van der Waals surface area contributed by atoms with Crippen LogP contribution >= 0.6 is 15.9 Å². The van der Waals surface area contributed by atoms with E-state index in [1.807, 2.05) is 0 Å². The summed E-state index contributed by atoms with van der Waals surface area (Å²) in [6, 6.07) is 2.77. The predicted octanol–water partition coefficient (Wildman–Crippen LogP) is 2.91. The van der Waals surface area contributed by atoms with Gasteiger partial charge in [-0.05, 0) is 35.1 Å². The molecule has 1 rings (SSSR count). The third-order valence-electron chi connectivity index (χ3n) is 1.74. The van der Waals surface area contributed by atoms with Crippen LogP contribution in [-0.4, -0.2) is 19.8 Å². The standard InChI is InChI=1S/C8H9BrF3NO/c1-13-4-5(8(10,11)12)6-2-3-7(9)14-6/h2-3,5,13H,4H2,1H3. The van der Waals surface area contributed by atoms with Crippen LogP contribution in [0, 0.1) is 0 Å². The summed E-state index contributed by atoms with van der Waals surface area (Å²) in [5.74, 6) is -1.68. The Bertz CT molecular complexity index is 297. The first-order chi connectivity index (χ1) is 6.45. The first-order valence-corrected chi connectivity index (χ1v) is 4.71. The summed E-state index contributed by atoms with van der Waals surface area (Å²) in [4.78, 5) is 0. The van der Waals surface area contributed by atoms with Gasteiger partial charge in [0.15, 0.2) is 4.67 Å². The Hall–Kier alpha value is -0.490. The molecule has 0 radical (unpaired) electrons. The minimum atomic E-state index is -4.29. The van der Waals surface area contributed by atoms with Gasteiger partial charge < -0.3 is 9.73 Å². The fourth-order valence-electron chi connectivity index (χ4n) is 1.10. The number of likely N-dealkylation sites (N-methyl/N-ethyl adjacent to an activating group) is 1. The highest BCUT2D eigenvalue weighted by Gasteiger charge is 2.42. The Balaban J connectivity index is 2.88. The lowest BCUT2D eigenvalue weighted by Gasteiger charge is -2.17. The number of hydrogen-bond donors (Lipinski definition) is 1. The molecule has 0 saturated carbocycles. The molecule has 0 aliphatic heterocycles. The molecule has 80 valence electrons. The van der Waals surface area contributed by atoms with E-state index in [4.69, 9.17) is 4.42 Å². The first kappa shape index (κ1) is 11.6. The molecule has 0 fully saturated rings. The van der Waals surface area contributed by atoms with Crippen molar-refractivity contribution in [2.24, 2.45) is 0 Å². The minimum Gasteiger partial charge on any atom is -0.454 e. The number of alkyl halides is 3. The van der Waals surface area contributed by atoms with Crippen molar-refractivity contribution in [3.63, 3.8) is 0 Å². The molecule has 1 unspecified atom stereocenters. The molecule has 0 bridgehead atoms. The van der Waals surface area contributed by atoms with Gasteiger partial charge in [0.2, 0.25) is 0 Å². The maximum atomic E-state index is 12.5. The third-order valence-corrected chi connectivity index (χ3v) is 2.17. The van der Waals surface area contributed by atoms with Crippen LogP contribution in [0.2, 0.25) is 0 Å². The quantitative estimate of drug-likeness (QED) is 0.915. The van der Waals surface area contributed by atoms with Gasteiger partial charge in [-0.3, -0.25) is 0 Å². The summed E-state index contributed by atoms with van der Waals surface area (Å²) in [5, 5.41) is 2.49. The molecule has 1 aromatic heterocycles. The van der Waals surface area contributed by atoms with E-state index in [0.29, 0.717) is 4.67 Å². The van der Waals surface area contributed by atoms with Gasteiger partial charge in [0.1, 0.15) is 11.7 Å². The van der Waals surface area contributed by atoms with E-state index in [9.17, 15) is 13.2 Å². The average molecular weight is 272 g/mol. The molecule has 1 atom stereocenters. The smallest absolute Gasteiger partial charge is 0.399 e. The monoisotopic (exact) mass is 271 g/mol. The van der Waals surface area contributed by atoms with E-state index in [2.05, 4.69) is 21.2 Å². The molecule has 14 heavy (non-hydrogen) atoms. The number of furan rings is 1. The first-order valence-electron chi connectivity index (χ1n) is 3.91. The zero-order valence-electron chi connectivity index (χ0n) is 7.36. The molecule has 0 spiro atoms. The topological polar surface area (TPSA) is 25.2 Å². The highest BCUT2D eigenvalue weighted by atomic mass is 79.9. The zero-order valence-corrected chi connectivity index (χ0v) is 8.95. The Morgan fingerprint density at radius 2 is 2.14 bits per heavy atom. The molecule has 6 heteroatoms. The van der Waals surface area contributed by atoms with Crippen molar-refractivity contribution in [3.05, 3.63) is 22.6 Å². The van der Waals surface area contributed by atoms with E-state index >= 15 is 0 Å². The van der Waals surface area contributed by atoms with Crippen molar-refractivity contribution in [1.29, 1.82) is 0 Å². The number of halogens is 4. The van der Waals surface area contributed by atoms with Gasteiger partial charge in [-0.2, -0.15) is 13.2 Å². The average Bonchev–Trinajstić information content (AvgIpc) is 2.45. The van der Waals surface area contributed by atoms with Crippen molar-refractivity contribution < 1.29 is 17.6 Å². The van der Waals surface area contributed by atoms with Gasteiger partial charge in [0.05, 0.1) is 0 Å². The number of hydrogen-bond acceptors (Lipinski definition) is 2. The molecular weight excluding hydrogens is 263 g/mol. The lowest BCUT2D eigenvalue weighted by Crippen LogP contribution is -2.29. The van der Waals surface area contributed by atoms with Gasteiger partial charge >= 0.3 is 6.18 Å². The fourth-order valence-corrected chi connectivity index (χ4v) is 1.42. The molecule has 0 aromatic carbocycles. The van der Waals surface area contributed by atoms with Crippen LogP contribution in [0.15, 0.2) is 21.2 Å². The van der Waals surface area contributed by atoms with Crippen LogP contribution in [0.3, 0.4) is 0 Å². The van der Waals surface area contributed by atoms with Crippen molar-refractivity contribution in [2.45, 2.75) is 12.1 Å². The normalized spacial score (nSPS) is 14.4. The molecule has 0 saturated heterocycles. The van der Waals surface area contributed by atoms with Gasteiger partial charge in [-0.25, -0.2) is 0 Å². The van der Waals surface area contributed by atoms with E-state index < -0.39 is 12.1 Å². The molecular formula is C8H9BrF3NO. The van der Waals surface area contributed by atoms with Crippen molar-refractivity contribution in [2.75, 3.05) is 13.6 Å².